The number of aliphatic hydroxyl groups is 2. The third-order valence-electron chi connectivity index (χ3n) is 14.1. The van der Waals surface area contributed by atoms with Crippen molar-refractivity contribution >= 4 is 33.6 Å². The van der Waals surface area contributed by atoms with E-state index < -0.39 is 91.5 Å². The van der Waals surface area contributed by atoms with E-state index in [1.54, 1.807) is 0 Å². The molecule has 0 fully saturated rings. The molecule has 0 spiro atoms. The lowest BCUT2D eigenvalue weighted by molar-refractivity contribution is -0.161. The fraction of sp³-hybridized carbons (Fsp3) is 0.685. The monoisotopic (exact) mass is 1320 g/mol. The molecule has 0 aliphatic carbocycles. The number of ether oxygens (including phenoxy) is 3. The van der Waals surface area contributed by atoms with Crippen LogP contribution in [0.1, 0.15) is 265 Å². The van der Waals surface area contributed by atoms with Crippen LogP contribution in [-0.2, 0) is 55.8 Å². The Balaban J connectivity index is 4.70. The Morgan fingerprint density at radius 1 is 0.319 bits per heavy atom. The van der Waals surface area contributed by atoms with E-state index in [4.69, 9.17) is 32.3 Å². The van der Waals surface area contributed by atoms with Crippen LogP contribution in [0.2, 0.25) is 0 Å². The summed E-state index contributed by atoms with van der Waals surface area (Å²) in [6.45, 7) is 2.44. The molecule has 91 heavy (non-hydrogen) atoms. The molecule has 0 aromatic rings. The van der Waals surface area contributed by atoms with E-state index in [1.807, 2.05) is 0 Å². The molecule has 5 atom stereocenters. The van der Waals surface area contributed by atoms with E-state index in [-0.39, 0.29) is 19.3 Å². The van der Waals surface area contributed by atoms with E-state index in [0.717, 1.165) is 161 Å². The van der Waals surface area contributed by atoms with Crippen molar-refractivity contribution in [1.82, 2.24) is 0 Å². The molecule has 0 aliphatic rings. The molecule has 16 nitrogen and oxygen atoms in total. The van der Waals surface area contributed by atoms with Gasteiger partial charge in [0, 0.05) is 19.3 Å². The van der Waals surface area contributed by atoms with Crippen LogP contribution in [0.15, 0.2) is 122 Å². The number of phosphoric ester groups is 2. The summed E-state index contributed by atoms with van der Waals surface area (Å²) in [5.41, 5.74) is 0. The number of carbonyl (C=O) groups is 3. The predicted octanol–water partition coefficient (Wildman–Crippen LogP) is 19.4. The summed E-state index contributed by atoms with van der Waals surface area (Å²) in [6.07, 6.45) is 75.2. The first-order valence-electron chi connectivity index (χ1n) is 34.8. The molecule has 0 aliphatic heterocycles. The normalized spacial score (nSPS) is 14.9. The quantitative estimate of drug-likeness (QED) is 0.0146. The second-order valence-electron chi connectivity index (χ2n) is 22.9. The van der Waals surface area contributed by atoms with E-state index >= 15 is 0 Å². The van der Waals surface area contributed by atoms with Gasteiger partial charge in [-0.2, -0.15) is 0 Å². The molecule has 0 saturated carbocycles. The zero-order valence-corrected chi connectivity index (χ0v) is 58.3. The Morgan fingerprint density at radius 2 is 0.582 bits per heavy atom. The average molecular weight is 1320 g/mol. The zero-order valence-electron chi connectivity index (χ0n) is 56.5. The number of hydrogen-bond donors (Lipinski definition) is 4. The van der Waals surface area contributed by atoms with Crippen molar-refractivity contribution in [3.05, 3.63) is 122 Å². The number of aliphatic hydroxyl groups excluding tert-OH is 2. The molecule has 0 aromatic carbocycles. The molecule has 0 bridgehead atoms. The largest absolute Gasteiger partial charge is 0.472 e. The van der Waals surface area contributed by atoms with Gasteiger partial charge in [0.15, 0.2) is 6.10 Å². The molecule has 5 unspecified atom stereocenters. The Bertz CT molecular complexity index is 2140. The maximum Gasteiger partial charge on any atom is 0.472 e. The standard InChI is InChI=1S/C73H124O16P2/c1-4-7-10-13-16-19-22-25-28-30-32-33-35-37-39-41-44-47-50-53-56-59-71(76)83-62-68(74)63-85-90(79,80)86-64-69(75)65-87-91(81,82)88-67-70(89-73(78)61-58-55-52-49-46-43-38-27-24-21-18-15-12-9-6-3)66-84-72(77)60-57-54-51-48-45-42-40-36-34-31-29-26-23-20-17-14-11-8-5-2/h8,11,16-21,25-29,32-34,36-39,68-70,74-75H,4-7,9-10,12-15,22-24,30-31,35,40-67H2,1-3H3,(H,79,80)(H,81,82)/b11-8-,19-16-,20-17-,21-18-,28-25-,29-26-,33-32-,36-34-,38-27-,39-37-. The van der Waals surface area contributed by atoms with E-state index in [0.29, 0.717) is 19.3 Å². The molecule has 0 heterocycles. The zero-order chi connectivity index (χ0) is 66.7. The topological polar surface area (TPSA) is 231 Å². The van der Waals surface area contributed by atoms with Crippen LogP contribution in [0.25, 0.3) is 0 Å². The number of esters is 3. The number of carbonyl (C=O) groups excluding carboxylic acids is 3. The molecule has 0 rings (SSSR count). The minimum Gasteiger partial charge on any atom is -0.463 e. The van der Waals surface area contributed by atoms with Gasteiger partial charge < -0.3 is 34.2 Å². The maximum atomic E-state index is 12.9. The van der Waals surface area contributed by atoms with Crippen LogP contribution in [0.5, 0.6) is 0 Å². The van der Waals surface area contributed by atoms with Crippen molar-refractivity contribution in [3.63, 3.8) is 0 Å². The van der Waals surface area contributed by atoms with Crippen molar-refractivity contribution in [1.29, 1.82) is 0 Å². The summed E-state index contributed by atoms with van der Waals surface area (Å²) in [5, 5.41) is 20.6. The summed E-state index contributed by atoms with van der Waals surface area (Å²) in [5.74, 6) is -1.63. The van der Waals surface area contributed by atoms with Gasteiger partial charge in [0.25, 0.3) is 0 Å². The smallest absolute Gasteiger partial charge is 0.463 e. The Hall–Kier alpha value is -4.05. The number of rotatable bonds is 65. The lowest BCUT2D eigenvalue weighted by Gasteiger charge is -2.21. The van der Waals surface area contributed by atoms with Gasteiger partial charge in [-0.25, -0.2) is 9.13 Å². The molecule has 0 aromatic heterocycles. The molecule has 4 N–H and O–H groups in total. The summed E-state index contributed by atoms with van der Waals surface area (Å²) >= 11 is 0. The molecular weight excluding hydrogens is 1190 g/mol. The highest BCUT2D eigenvalue weighted by molar-refractivity contribution is 7.47. The highest BCUT2D eigenvalue weighted by atomic mass is 31.2. The first-order chi connectivity index (χ1) is 44.2. The van der Waals surface area contributed by atoms with E-state index in [2.05, 4.69) is 142 Å². The van der Waals surface area contributed by atoms with Gasteiger partial charge in [0.2, 0.25) is 0 Å². The van der Waals surface area contributed by atoms with Crippen LogP contribution < -0.4 is 0 Å². The molecule has 0 radical (unpaired) electrons. The average Bonchev–Trinajstić information content (AvgIpc) is 3.08. The minimum atomic E-state index is -4.94. The molecule has 522 valence electrons. The number of unbranched alkanes of at least 4 members (excludes halogenated alkanes) is 22. The van der Waals surface area contributed by atoms with E-state index in [1.165, 1.54) is 44.9 Å². The van der Waals surface area contributed by atoms with Crippen LogP contribution in [0, 0.1) is 0 Å². The summed E-state index contributed by atoms with van der Waals surface area (Å²) in [7, 11) is -9.80. The van der Waals surface area contributed by atoms with Crippen molar-refractivity contribution < 1.29 is 75.8 Å². The number of phosphoric acid groups is 2. The fourth-order valence-electron chi connectivity index (χ4n) is 8.81. The highest BCUT2D eigenvalue weighted by Gasteiger charge is 2.29. The summed E-state index contributed by atoms with van der Waals surface area (Å²) in [6, 6.07) is 0. The third-order valence-corrected chi connectivity index (χ3v) is 16.0. The van der Waals surface area contributed by atoms with Gasteiger partial charge in [0.1, 0.15) is 25.4 Å². The van der Waals surface area contributed by atoms with Crippen molar-refractivity contribution in [2.24, 2.45) is 0 Å². The van der Waals surface area contributed by atoms with Crippen LogP contribution in [0.4, 0.5) is 0 Å². The second-order valence-corrected chi connectivity index (χ2v) is 25.8. The van der Waals surface area contributed by atoms with Crippen molar-refractivity contribution in [2.75, 3.05) is 39.6 Å². The first-order valence-corrected chi connectivity index (χ1v) is 37.8. The lowest BCUT2D eigenvalue weighted by atomic mass is 10.1. The third kappa shape index (κ3) is 67.2. The summed E-state index contributed by atoms with van der Waals surface area (Å²) in [4.78, 5) is 58.4. The SMILES string of the molecule is CC/C=C\C/C=C\C/C=C\C/C=C\CCCCCCCCC(=O)OCC(COP(=O)(O)OCC(O)COP(=O)(O)OCC(O)COC(=O)CCCCCCC/C=C\C/C=C\C/C=C\C/C=C\CCCCC)OC(=O)CCCCCCC/C=C\C/C=C\CCCCC. The molecule has 0 amide bonds. The molecule has 0 saturated heterocycles. The van der Waals surface area contributed by atoms with Gasteiger partial charge in [-0.15, -0.1) is 0 Å². The van der Waals surface area contributed by atoms with Crippen molar-refractivity contribution in [2.45, 2.75) is 283 Å². The molecule has 18 heteroatoms. The van der Waals surface area contributed by atoms with Crippen LogP contribution >= 0.6 is 15.6 Å². The second kappa shape index (κ2) is 66.0. The highest BCUT2D eigenvalue weighted by Crippen LogP contribution is 2.45. The van der Waals surface area contributed by atoms with Gasteiger partial charge in [-0.3, -0.25) is 32.5 Å². The van der Waals surface area contributed by atoms with Gasteiger partial charge in [-0.1, -0.05) is 232 Å². The maximum absolute atomic E-state index is 12.9. The Labute approximate surface area is 551 Å². The Kier molecular flexibility index (Phi) is 63.1. The van der Waals surface area contributed by atoms with Gasteiger partial charge >= 0.3 is 33.6 Å². The predicted molar refractivity (Wildman–Crippen MR) is 371 cm³/mol. The number of allylic oxidation sites excluding steroid dienone is 20. The molecular formula is C73H124O16P2. The van der Waals surface area contributed by atoms with Crippen LogP contribution in [0.3, 0.4) is 0 Å². The minimum absolute atomic E-state index is 0.0817. The van der Waals surface area contributed by atoms with Gasteiger partial charge in [0.05, 0.1) is 26.4 Å². The van der Waals surface area contributed by atoms with Crippen LogP contribution in [-0.4, -0.2) is 95.9 Å². The van der Waals surface area contributed by atoms with Gasteiger partial charge in [-0.05, 0) is 135 Å². The first kappa shape index (κ1) is 87.0. The van der Waals surface area contributed by atoms with Crippen molar-refractivity contribution in [3.8, 4) is 0 Å². The van der Waals surface area contributed by atoms with E-state index in [9.17, 15) is 43.5 Å². The number of hydrogen-bond acceptors (Lipinski definition) is 14. The Morgan fingerprint density at radius 3 is 0.923 bits per heavy atom. The fourth-order valence-corrected chi connectivity index (χ4v) is 10.4. The lowest BCUT2D eigenvalue weighted by Crippen LogP contribution is -2.30. The summed E-state index contributed by atoms with van der Waals surface area (Å²) < 4.78 is 60.9.